The molecule has 2 heteroatoms. The van der Waals surface area contributed by atoms with Crippen LogP contribution in [-0.4, -0.2) is 18.5 Å². The van der Waals surface area contributed by atoms with Crippen molar-refractivity contribution in [2.75, 3.05) is 6.61 Å². The molecule has 1 unspecified atom stereocenters. The maximum atomic E-state index is 12.8. The van der Waals surface area contributed by atoms with Gasteiger partial charge in [-0.15, -0.1) is 0 Å². The fourth-order valence-electron chi connectivity index (χ4n) is 7.08. The Kier molecular flexibility index (Phi) is 2.25. The second kappa shape index (κ2) is 3.76. The zero-order chi connectivity index (χ0) is 13.5. The second-order valence-electron chi connectivity index (χ2n) is 7.73. The Hall–Kier alpha value is -0.630. The van der Waals surface area contributed by atoms with Gasteiger partial charge in [0.15, 0.2) is 5.78 Å². The molecule has 1 spiro atoms. The van der Waals surface area contributed by atoms with Gasteiger partial charge in [-0.2, -0.15) is 0 Å². The van der Waals surface area contributed by atoms with E-state index in [-0.39, 0.29) is 5.41 Å². The molecule has 20 heavy (non-hydrogen) atoms. The number of rotatable bonds is 1. The summed E-state index contributed by atoms with van der Waals surface area (Å²) in [6.07, 6.45) is 8.82. The molecule has 3 saturated carbocycles. The predicted molar refractivity (Wildman–Crippen MR) is 76.2 cm³/mol. The molecule has 0 amide bonds. The summed E-state index contributed by atoms with van der Waals surface area (Å²) in [5.41, 5.74) is 3.09. The van der Waals surface area contributed by atoms with E-state index in [2.05, 4.69) is 6.92 Å². The molecule has 1 aliphatic heterocycles. The number of fused-ring (bicyclic) bond motifs is 1. The lowest BCUT2D eigenvalue weighted by Gasteiger charge is -2.47. The molecular weight excluding hydrogens is 248 g/mol. The predicted octanol–water partition coefficient (Wildman–Crippen LogP) is 3.51. The first-order chi connectivity index (χ1) is 9.78. The summed E-state index contributed by atoms with van der Waals surface area (Å²) in [5, 5.41) is 0. The molecule has 2 nitrogen and oxygen atoms in total. The average molecular weight is 272 g/mol. The molecule has 0 aromatic rings. The van der Waals surface area contributed by atoms with Crippen LogP contribution in [0.1, 0.15) is 51.9 Å². The van der Waals surface area contributed by atoms with Crippen molar-refractivity contribution >= 4 is 5.78 Å². The highest BCUT2D eigenvalue weighted by molar-refractivity contribution is 6.01. The lowest BCUT2D eigenvalue weighted by atomic mass is 9.55. The number of carbonyl (C=O) groups is 1. The minimum absolute atomic E-state index is 0.175. The van der Waals surface area contributed by atoms with Gasteiger partial charge in [-0.3, -0.25) is 4.79 Å². The fraction of sp³-hybridized carbons (Fsp3) is 0.833. The zero-order valence-electron chi connectivity index (χ0n) is 12.4. The Balaban J connectivity index is 1.79. The van der Waals surface area contributed by atoms with E-state index in [4.69, 9.17) is 4.74 Å². The third kappa shape index (κ3) is 1.09. The number of allylic oxidation sites excluding steroid dienone is 1. The highest BCUT2D eigenvalue weighted by atomic mass is 16.5. The Bertz CT molecular complexity index is 520. The van der Waals surface area contributed by atoms with E-state index in [1.807, 2.05) is 0 Å². The van der Waals surface area contributed by atoms with Crippen molar-refractivity contribution in [2.45, 2.75) is 58.0 Å². The molecule has 0 aromatic heterocycles. The third-order valence-corrected chi connectivity index (χ3v) is 7.44. The lowest BCUT2D eigenvalue weighted by Crippen LogP contribution is -2.45. The molecule has 0 radical (unpaired) electrons. The molecule has 6 atom stereocenters. The van der Waals surface area contributed by atoms with Crippen molar-refractivity contribution < 1.29 is 9.53 Å². The van der Waals surface area contributed by atoms with E-state index in [1.54, 1.807) is 5.57 Å². The van der Waals surface area contributed by atoms with Crippen molar-refractivity contribution in [2.24, 2.45) is 29.1 Å². The van der Waals surface area contributed by atoms with E-state index in [1.165, 1.54) is 44.1 Å². The number of carbonyl (C=O) groups excluding carboxylic acids is 1. The van der Waals surface area contributed by atoms with Crippen LogP contribution in [0, 0.1) is 29.1 Å². The van der Waals surface area contributed by atoms with E-state index >= 15 is 0 Å². The van der Waals surface area contributed by atoms with Crippen molar-refractivity contribution in [3.05, 3.63) is 11.1 Å². The molecule has 108 valence electrons. The van der Waals surface area contributed by atoms with E-state index in [9.17, 15) is 4.79 Å². The molecule has 5 aliphatic rings. The molecule has 4 fully saturated rings. The van der Waals surface area contributed by atoms with Gasteiger partial charge < -0.3 is 4.74 Å². The maximum Gasteiger partial charge on any atom is 0.159 e. The van der Waals surface area contributed by atoms with Gasteiger partial charge in [0, 0.05) is 23.3 Å². The van der Waals surface area contributed by atoms with E-state index in [0.29, 0.717) is 17.8 Å². The van der Waals surface area contributed by atoms with Gasteiger partial charge in [-0.25, -0.2) is 0 Å². The van der Waals surface area contributed by atoms with Crippen molar-refractivity contribution in [1.29, 1.82) is 0 Å². The summed E-state index contributed by atoms with van der Waals surface area (Å²) < 4.78 is 6.17. The Morgan fingerprint density at radius 3 is 3.05 bits per heavy atom. The Labute approximate surface area is 120 Å². The quantitative estimate of drug-likeness (QED) is 0.730. The van der Waals surface area contributed by atoms with Crippen LogP contribution in [-0.2, 0) is 9.53 Å². The molecule has 1 saturated heterocycles. The van der Waals surface area contributed by atoms with Gasteiger partial charge in [0.25, 0.3) is 0 Å². The van der Waals surface area contributed by atoms with Gasteiger partial charge in [0.1, 0.15) is 0 Å². The minimum Gasteiger partial charge on any atom is -0.377 e. The summed E-state index contributed by atoms with van der Waals surface area (Å²) in [5.74, 6) is 3.35. The number of ether oxygens (including phenoxy) is 1. The van der Waals surface area contributed by atoms with E-state index < -0.39 is 0 Å². The number of hydrogen-bond acceptors (Lipinski definition) is 2. The first kappa shape index (κ1) is 12.0. The van der Waals surface area contributed by atoms with Gasteiger partial charge >= 0.3 is 0 Å². The molecule has 1 heterocycles. The topological polar surface area (TPSA) is 26.3 Å². The monoisotopic (exact) mass is 272 g/mol. The normalized spacial score (nSPS) is 52.5. The van der Waals surface area contributed by atoms with Gasteiger partial charge in [0.2, 0.25) is 0 Å². The Morgan fingerprint density at radius 1 is 1.30 bits per heavy atom. The Morgan fingerprint density at radius 2 is 2.20 bits per heavy atom. The molecule has 0 bridgehead atoms. The van der Waals surface area contributed by atoms with Crippen LogP contribution >= 0.6 is 0 Å². The lowest BCUT2D eigenvalue weighted by molar-refractivity contribution is -0.115. The van der Waals surface area contributed by atoms with Gasteiger partial charge in [0.05, 0.1) is 12.7 Å². The SMILES string of the molecule is CC[C@H]1[C@@H]2CCCC2=C2C(=O)C[C@H]3CO[C@@H]4CC[C@@H]1C234. The number of ketones is 1. The van der Waals surface area contributed by atoms with Crippen molar-refractivity contribution in [1.82, 2.24) is 0 Å². The van der Waals surface area contributed by atoms with E-state index in [0.717, 1.165) is 30.8 Å². The van der Waals surface area contributed by atoms with Crippen LogP contribution in [0.15, 0.2) is 11.1 Å². The summed E-state index contributed by atoms with van der Waals surface area (Å²) in [6, 6.07) is 0. The number of hydrogen-bond donors (Lipinski definition) is 0. The summed E-state index contributed by atoms with van der Waals surface area (Å²) in [6.45, 7) is 3.22. The van der Waals surface area contributed by atoms with Crippen LogP contribution in [0.2, 0.25) is 0 Å². The van der Waals surface area contributed by atoms with Crippen LogP contribution in [0.3, 0.4) is 0 Å². The third-order valence-electron chi connectivity index (χ3n) is 7.44. The molecule has 0 N–H and O–H groups in total. The van der Waals surface area contributed by atoms with Crippen LogP contribution in [0.4, 0.5) is 0 Å². The first-order valence-corrected chi connectivity index (χ1v) is 8.66. The largest absolute Gasteiger partial charge is 0.377 e. The van der Waals surface area contributed by atoms with Crippen LogP contribution in [0.5, 0.6) is 0 Å². The van der Waals surface area contributed by atoms with Gasteiger partial charge in [-0.1, -0.05) is 18.9 Å². The smallest absolute Gasteiger partial charge is 0.159 e. The summed E-state index contributed by atoms with van der Waals surface area (Å²) in [4.78, 5) is 12.8. The van der Waals surface area contributed by atoms with Crippen LogP contribution in [0.25, 0.3) is 0 Å². The summed E-state index contributed by atoms with van der Waals surface area (Å²) in [7, 11) is 0. The molecule has 4 aliphatic carbocycles. The van der Waals surface area contributed by atoms with Crippen molar-refractivity contribution in [3.8, 4) is 0 Å². The fourth-order valence-corrected chi connectivity index (χ4v) is 7.08. The standard InChI is InChI=1S/C18H24O2/c1-2-11-12-4-3-5-13(12)17-15(19)8-10-9-20-16-7-6-14(11)18(10,16)17/h10-12,14,16H,2-9H2,1H3/t10-,11-,12-,14-,16+,18?/m0/s1. The highest BCUT2D eigenvalue weighted by Crippen LogP contribution is 2.71. The molecular formula is C18H24O2. The average Bonchev–Trinajstić information content (AvgIpc) is 3.13. The highest BCUT2D eigenvalue weighted by Gasteiger charge is 2.70. The van der Waals surface area contributed by atoms with Crippen molar-refractivity contribution in [3.63, 3.8) is 0 Å². The molecule has 0 aromatic carbocycles. The molecule has 5 rings (SSSR count). The second-order valence-corrected chi connectivity index (χ2v) is 7.73. The minimum atomic E-state index is 0.175. The first-order valence-electron chi connectivity index (χ1n) is 8.66. The van der Waals surface area contributed by atoms with Gasteiger partial charge in [-0.05, 0) is 49.9 Å². The number of Topliss-reactive ketones (excluding diaryl/α,β-unsaturated/α-hetero) is 1. The maximum absolute atomic E-state index is 12.8. The zero-order valence-corrected chi connectivity index (χ0v) is 12.4. The summed E-state index contributed by atoms with van der Waals surface area (Å²) >= 11 is 0. The van der Waals surface area contributed by atoms with Crippen LogP contribution < -0.4 is 0 Å².